The number of alkyl halides is 3. The Morgan fingerprint density at radius 2 is 1.79 bits per heavy atom. The average Bonchev–Trinajstić information content (AvgIpc) is 2.34. The van der Waals surface area contributed by atoms with Crippen LogP contribution in [0.25, 0.3) is 10.8 Å². The van der Waals surface area contributed by atoms with Gasteiger partial charge in [-0.05, 0) is 35.1 Å². The molecule has 0 aliphatic carbocycles. The fourth-order valence-corrected chi connectivity index (χ4v) is 2.72. The summed E-state index contributed by atoms with van der Waals surface area (Å²) >= 11 is 2.09. The van der Waals surface area contributed by atoms with Crippen LogP contribution in [-0.4, -0.2) is 10.7 Å². The molecule has 1 aromatic carbocycles. The van der Waals surface area contributed by atoms with Crippen LogP contribution in [0.1, 0.15) is 12.8 Å². The molecule has 0 saturated heterocycles. The zero-order valence-corrected chi connectivity index (χ0v) is 12.0. The molecule has 0 unspecified atom stereocenters. The molecule has 0 radical (unpaired) electrons. The third-order valence-electron chi connectivity index (χ3n) is 2.80. The van der Waals surface area contributed by atoms with E-state index in [1.165, 1.54) is 4.57 Å². The van der Waals surface area contributed by atoms with Crippen LogP contribution in [0.5, 0.6) is 0 Å². The summed E-state index contributed by atoms with van der Waals surface area (Å²) in [6.45, 7) is 0.0825. The van der Waals surface area contributed by atoms with Crippen molar-refractivity contribution in [2.75, 3.05) is 0 Å². The second kappa shape index (κ2) is 5.52. The molecule has 0 aliphatic heterocycles. The second-order valence-electron chi connectivity index (χ2n) is 4.24. The fourth-order valence-electron chi connectivity index (χ4n) is 1.91. The predicted molar refractivity (Wildman–Crippen MR) is 76.2 cm³/mol. The van der Waals surface area contributed by atoms with E-state index in [2.05, 4.69) is 22.6 Å². The Balaban J connectivity index is 2.30. The van der Waals surface area contributed by atoms with Crippen LogP contribution in [-0.2, 0) is 6.54 Å². The van der Waals surface area contributed by atoms with Crippen molar-refractivity contribution in [2.24, 2.45) is 0 Å². The minimum Gasteiger partial charge on any atom is -0.314 e. The van der Waals surface area contributed by atoms with E-state index in [0.29, 0.717) is 5.39 Å². The van der Waals surface area contributed by atoms with Crippen molar-refractivity contribution >= 4 is 33.4 Å². The highest BCUT2D eigenvalue weighted by Crippen LogP contribution is 2.22. The molecule has 0 fully saturated rings. The molecule has 2 rings (SSSR count). The van der Waals surface area contributed by atoms with Gasteiger partial charge in [0.1, 0.15) is 0 Å². The molecule has 0 N–H and O–H groups in total. The summed E-state index contributed by atoms with van der Waals surface area (Å²) in [7, 11) is 0. The molecule has 0 spiro atoms. The Morgan fingerprint density at radius 1 is 1.16 bits per heavy atom. The van der Waals surface area contributed by atoms with Crippen molar-refractivity contribution < 1.29 is 13.2 Å². The largest absolute Gasteiger partial charge is 0.389 e. The standard InChI is InChI=1S/C13H11F3INO/c14-13(15,16)6-3-7-18-8-11(17)9-4-1-2-5-10(9)12(18)19/h1-2,4-5,8H,3,6-7H2. The number of rotatable bonds is 3. The maximum absolute atomic E-state index is 12.1. The smallest absolute Gasteiger partial charge is 0.314 e. The quantitative estimate of drug-likeness (QED) is 0.739. The van der Waals surface area contributed by atoms with Crippen molar-refractivity contribution in [1.82, 2.24) is 4.57 Å². The SMILES string of the molecule is O=c1c2ccccc2c(I)cn1CCCC(F)(F)F. The van der Waals surface area contributed by atoms with Gasteiger partial charge in [0.05, 0.1) is 0 Å². The summed E-state index contributed by atoms with van der Waals surface area (Å²) < 4.78 is 38.5. The molecule has 2 nitrogen and oxygen atoms in total. The monoisotopic (exact) mass is 381 g/mol. The molecule has 0 aliphatic rings. The number of hydrogen-bond acceptors (Lipinski definition) is 1. The third kappa shape index (κ3) is 3.49. The van der Waals surface area contributed by atoms with Gasteiger partial charge in [0.25, 0.3) is 5.56 Å². The molecule has 0 amide bonds. The zero-order valence-electron chi connectivity index (χ0n) is 9.88. The van der Waals surface area contributed by atoms with Crippen LogP contribution in [0.2, 0.25) is 0 Å². The second-order valence-corrected chi connectivity index (χ2v) is 5.40. The zero-order chi connectivity index (χ0) is 14.0. The van der Waals surface area contributed by atoms with Gasteiger partial charge >= 0.3 is 6.18 Å². The summed E-state index contributed by atoms with van der Waals surface area (Å²) in [4.78, 5) is 12.1. The number of fused-ring (bicyclic) bond motifs is 1. The highest BCUT2D eigenvalue weighted by molar-refractivity contribution is 14.1. The lowest BCUT2D eigenvalue weighted by Gasteiger charge is -2.10. The summed E-state index contributed by atoms with van der Waals surface area (Å²) in [5, 5.41) is 1.38. The summed E-state index contributed by atoms with van der Waals surface area (Å²) in [5.41, 5.74) is -0.238. The van der Waals surface area contributed by atoms with Crippen LogP contribution >= 0.6 is 22.6 Å². The van der Waals surface area contributed by atoms with Crippen molar-refractivity contribution in [3.05, 3.63) is 44.4 Å². The molecular formula is C13H11F3INO. The average molecular weight is 381 g/mol. The first kappa shape index (κ1) is 14.4. The number of halogens is 4. The van der Waals surface area contributed by atoms with Crippen LogP contribution in [0.15, 0.2) is 35.3 Å². The summed E-state index contributed by atoms with van der Waals surface area (Å²) in [6.07, 6.45) is -3.52. The number of aromatic nitrogens is 1. The highest BCUT2D eigenvalue weighted by atomic mass is 127. The molecule has 0 bridgehead atoms. The van der Waals surface area contributed by atoms with Crippen LogP contribution in [0, 0.1) is 3.57 Å². The molecule has 0 saturated carbocycles. The van der Waals surface area contributed by atoms with Crippen LogP contribution in [0.3, 0.4) is 0 Å². The van der Waals surface area contributed by atoms with Gasteiger partial charge < -0.3 is 4.57 Å². The summed E-state index contributed by atoms with van der Waals surface area (Å²) in [6, 6.07) is 7.11. The van der Waals surface area contributed by atoms with Gasteiger partial charge in [-0.3, -0.25) is 4.79 Å². The maximum atomic E-state index is 12.1. The first-order chi connectivity index (χ1) is 8.88. The van der Waals surface area contributed by atoms with E-state index in [-0.39, 0.29) is 18.5 Å². The van der Waals surface area contributed by atoms with Crippen molar-refractivity contribution in [3.8, 4) is 0 Å². The van der Waals surface area contributed by atoms with Crippen molar-refractivity contribution in [2.45, 2.75) is 25.6 Å². The van der Waals surface area contributed by atoms with Gasteiger partial charge in [-0.15, -0.1) is 0 Å². The highest BCUT2D eigenvalue weighted by Gasteiger charge is 2.26. The number of benzene rings is 1. The summed E-state index contributed by atoms with van der Waals surface area (Å²) in [5.74, 6) is 0. The predicted octanol–water partition coefficient (Wildman–Crippen LogP) is 3.95. The molecule has 102 valence electrons. The number of aryl methyl sites for hydroxylation is 1. The van der Waals surface area contributed by atoms with E-state index >= 15 is 0 Å². The lowest BCUT2D eigenvalue weighted by atomic mass is 10.2. The van der Waals surface area contributed by atoms with Crippen molar-refractivity contribution in [1.29, 1.82) is 0 Å². The Bertz CT molecular complexity index is 648. The molecule has 19 heavy (non-hydrogen) atoms. The molecular weight excluding hydrogens is 370 g/mol. The van der Waals surface area contributed by atoms with Crippen LogP contribution < -0.4 is 5.56 Å². The minimum atomic E-state index is -4.17. The van der Waals surface area contributed by atoms with Crippen molar-refractivity contribution in [3.63, 3.8) is 0 Å². The molecule has 6 heteroatoms. The third-order valence-corrected chi connectivity index (χ3v) is 3.66. The van der Waals surface area contributed by atoms with E-state index in [9.17, 15) is 18.0 Å². The van der Waals surface area contributed by atoms with E-state index < -0.39 is 12.6 Å². The molecule has 1 heterocycles. The van der Waals surface area contributed by atoms with E-state index in [0.717, 1.165) is 8.96 Å². The maximum Gasteiger partial charge on any atom is 0.389 e. The molecule has 1 aromatic heterocycles. The van der Waals surface area contributed by atoms with E-state index in [4.69, 9.17) is 0 Å². The Kier molecular flexibility index (Phi) is 4.17. The minimum absolute atomic E-state index is 0.0825. The topological polar surface area (TPSA) is 22.0 Å². The lowest BCUT2D eigenvalue weighted by molar-refractivity contribution is -0.135. The van der Waals surface area contributed by atoms with E-state index in [1.54, 1.807) is 18.3 Å². The van der Waals surface area contributed by atoms with Gasteiger partial charge in [0.2, 0.25) is 0 Å². The first-order valence-corrected chi connectivity index (χ1v) is 6.81. The first-order valence-electron chi connectivity index (χ1n) is 5.73. The van der Waals surface area contributed by atoms with Gasteiger partial charge in [-0.1, -0.05) is 18.2 Å². The van der Waals surface area contributed by atoms with Gasteiger partial charge in [-0.25, -0.2) is 0 Å². The van der Waals surface area contributed by atoms with Crippen LogP contribution in [0.4, 0.5) is 13.2 Å². The fraction of sp³-hybridized carbons (Fsp3) is 0.308. The molecule has 0 atom stereocenters. The number of nitrogens with zero attached hydrogens (tertiary/aromatic N) is 1. The Morgan fingerprint density at radius 3 is 2.42 bits per heavy atom. The number of pyridine rings is 1. The van der Waals surface area contributed by atoms with Gasteiger partial charge in [-0.2, -0.15) is 13.2 Å². The van der Waals surface area contributed by atoms with Gasteiger partial charge in [0, 0.05) is 33.5 Å². The van der Waals surface area contributed by atoms with Gasteiger partial charge in [0.15, 0.2) is 0 Å². The normalized spacial score (nSPS) is 12.0. The van der Waals surface area contributed by atoms with E-state index in [1.807, 2.05) is 12.1 Å². The number of hydrogen-bond donors (Lipinski definition) is 0. The lowest BCUT2D eigenvalue weighted by Crippen LogP contribution is -2.21. The Hall–Kier alpha value is -1.05. The molecule has 2 aromatic rings. The Labute approximate surface area is 121 Å².